The zero-order chi connectivity index (χ0) is 17.4. The molecule has 0 aliphatic carbocycles. The van der Waals surface area contributed by atoms with Crippen LogP contribution in [0.2, 0.25) is 0 Å². The van der Waals surface area contributed by atoms with E-state index in [1.54, 1.807) is 23.1 Å². The average Bonchev–Trinajstić information content (AvgIpc) is 2.54. The van der Waals surface area contributed by atoms with E-state index in [1.807, 2.05) is 34.7 Å². The van der Waals surface area contributed by atoms with E-state index in [-0.39, 0.29) is 12.7 Å². The summed E-state index contributed by atoms with van der Waals surface area (Å²) in [5.74, 6) is 0. The Kier molecular flexibility index (Phi) is 16.4. The van der Waals surface area contributed by atoms with Gasteiger partial charge in [-0.3, -0.25) is 0 Å². The highest BCUT2D eigenvalue weighted by atomic mass is 16.6. The second-order valence-electron chi connectivity index (χ2n) is 4.26. The fourth-order valence-corrected chi connectivity index (χ4v) is 1.85. The Bertz CT molecular complexity index is 338. The maximum Gasteiger partial charge on any atom is 0.410 e. The van der Waals surface area contributed by atoms with E-state index in [0.717, 1.165) is 31.5 Å². The standard InChI is InChI=1S/C14H22N2O2.2C2H6/c1-4-6-12(5-2)11-18-14(17)16-10-8-13(16)7-9-15-3;2*1-2/h4-6,13,15H,1-2,7-11H2,3H3;2*1-2H3/b12-6+;;. The van der Waals surface area contributed by atoms with Gasteiger partial charge in [0.1, 0.15) is 6.61 Å². The summed E-state index contributed by atoms with van der Waals surface area (Å²) in [6, 6.07) is 0.320. The Balaban J connectivity index is 0. The maximum atomic E-state index is 11.8. The van der Waals surface area contributed by atoms with Crippen LogP contribution in [0.15, 0.2) is 37.0 Å². The molecule has 1 rings (SSSR count). The van der Waals surface area contributed by atoms with Gasteiger partial charge >= 0.3 is 6.09 Å². The molecule has 1 unspecified atom stereocenters. The molecule has 0 saturated carbocycles. The number of rotatable bonds is 7. The first kappa shape index (κ1) is 22.7. The molecule has 1 N–H and O–H groups in total. The number of likely N-dealkylation sites (tertiary alicyclic amines) is 1. The van der Waals surface area contributed by atoms with Crippen molar-refractivity contribution in [2.24, 2.45) is 0 Å². The molecule has 1 aliphatic rings. The number of carbonyl (C=O) groups excluding carboxylic acids is 1. The van der Waals surface area contributed by atoms with Crippen LogP contribution in [0.4, 0.5) is 4.79 Å². The van der Waals surface area contributed by atoms with Gasteiger partial charge in [-0.15, -0.1) is 0 Å². The van der Waals surface area contributed by atoms with Crippen molar-refractivity contribution in [2.75, 3.05) is 26.7 Å². The van der Waals surface area contributed by atoms with Crippen LogP contribution in [0, 0.1) is 0 Å². The fourth-order valence-electron chi connectivity index (χ4n) is 1.85. The molecule has 1 saturated heterocycles. The number of ether oxygens (including phenoxy) is 1. The summed E-state index contributed by atoms with van der Waals surface area (Å²) in [5, 5.41) is 3.09. The Morgan fingerprint density at radius 3 is 2.36 bits per heavy atom. The number of nitrogens with zero attached hydrogens (tertiary/aromatic N) is 1. The molecule has 0 radical (unpaired) electrons. The fraction of sp³-hybridized carbons (Fsp3) is 0.611. The molecule has 22 heavy (non-hydrogen) atoms. The van der Waals surface area contributed by atoms with Gasteiger partial charge in [-0.2, -0.15) is 0 Å². The number of allylic oxidation sites excluding steroid dienone is 2. The number of nitrogens with one attached hydrogen (secondary N) is 1. The molecule has 1 amide bonds. The van der Waals surface area contributed by atoms with E-state index in [0.29, 0.717) is 6.04 Å². The van der Waals surface area contributed by atoms with Crippen molar-refractivity contribution in [3.8, 4) is 0 Å². The first-order valence-electron chi connectivity index (χ1n) is 8.25. The van der Waals surface area contributed by atoms with Gasteiger partial charge in [-0.25, -0.2) is 4.79 Å². The van der Waals surface area contributed by atoms with E-state index in [1.165, 1.54) is 0 Å². The first-order valence-corrected chi connectivity index (χ1v) is 8.25. The smallest absolute Gasteiger partial charge is 0.410 e. The van der Waals surface area contributed by atoms with Gasteiger partial charge < -0.3 is 15.0 Å². The Labute approximate surface area is 136 Å². The molecule has 1 heterocycles. The molecule has 0 bridgehead atoms. The minimum Gasteiger partial charge on any atom is -0.445 e. The van der Waals surface area contributed by atoms with Crippen LogP contribution in [0.25, 0.3) is 0 Å². The maximum absolute atomic E-state index is 11.8. The van der Waals surface area contributed by atoms with Gasteiger partial charge in [-0.05, 0) is 32.0 Å². The van der Waals surface area contributed by atoms with Crippen molar-refractivity contribution < 1.29 is 9.53 Å². The molecule has 0 aromatic heterocycles. The highest BCUT2D eigenvalue weighted by molar-refractivity contribution is 5.69. The quantitative estimate of drug-likeness (QED) is 0.718. The lowest BCUT2D eigenvalue weighted by molar-refractivity contribution is 0.0505. The Morgan fingerprint density at radius 1 is 1.32 bits per heavy atom. The third-order valence-electron chi connectivity index (χ3n) is 3.06. The van der Waals surface area contributed by atoms with Crippen LogP contribution >= 0.6 is 0 Å². The molecule has 1 aliphatic heterocycles. The SMILES string of the molecule is C=C/C=C(\C=C)COC(=O)N1CCC1CCNC.CC.CC. The van der Waals surface area contributed by atoms with Crippen LogP contribution in [-0.4, -0.2) is 43.8 Å². The molecular weight excluding hydrogens is 276 g/mol. The summed E-state index contributed by atoms with van der Waals surface area (Å²) in [6.45, 7) is 17.2. The normalized spacial score (nSPS) is 16.1. The van der Waals surface area contributed by atoms with E-state index in [2.05, 4.69) is 18.5 Å². The van der Waals surface area contributed by atoms with Crippen molar-refractivity contribution in [3.63, 3.8) is 0 Å². The topological polar surface area (TPSA) is 41.6 Å². The van der Waals surface area contributed by atoms with Crippen molar-refractivity contribution in [1.29, 1.82) is 0 Å². The summed E-state index contributed by atoms with van der Waals surface area (Å²) in [5.41, 5.74) is 0.852. The Hall–Kier alpha value is -1.55. The molecule has 1 fully saturated rings. The number of carbonyl (C=O) groups is 1. The van der Waals surface area contributed by atoms with Crippen molar-refractivity contribution in [3.05, 3.63) is 37.0 Å². The zero-order valence-electron chi connectivity index (χ0n) is 15.0. The summed E-state index contributed by atoms with van der Waals surface area (Å²) in [4.78, 5) is 13.6. The number of hydrogen-bond donors (Lipinski definition) is 1. The lowest BCUT2D eigenvalue weighted by Crippen LogP contribution is -2.52. The zero-order valence-corrected chi connectivity index (χ0v) is 15.0. The third kappa shape index (κ3) is 8.67. The molecule has 4 heteroatoms. The predicted octanol–water partition coefficient (Wildman–Crippen LogP) is 4.16. The average molecular weight is 310 g/mol. The van der Waals surface area contributed by atoms with Gasteiger partial charge in [0.25, 0.3) is 0 Å². The summed E-state index contributed by atoms with van der Waals surface area (Å²) < 4.78 is 5.24. The number of hydrogen-bond acceptors (Lipinski definition) is 3. The highest BCUT2D eigenvalue weighted by Crippen LogP contribution is 2.21. The third-order valence-corrected chi connectivity index (χ3v) is 3.06. The summed E-state index contributed by atoms with van der Waals surface area (Å²) in [7, 11) is 1.91. The van der Waals surface area contributed by atoms with Crippen LogP contribution in [-0.2, 0) is 4.74 Å². The molecule has 128 valence electrons. The summed E-state index contributed by atoms with van der Waals surface area (Å²) in [6.07, 6.45) is 6.91. The number of amides is 1. The van der Waals surface area contributed by atoms with Gasteiger partial charge in [0.15, 0.2) is 0 Å². The van der Waals surface area contributed by atoms with E-state index in [4.69, 9.17) is 4.74 Å². The molecule has 0 aromatic rings. The molecule has 0 aromatic carbocycles. The van der Waals surface area contributed by atoms with Gasteiger partial charge in [0.05, 0.1) is 0 Å². The van der Waals surface area contributed by atoms with Crippen molar-refractivity contribution in [1.82, 2.24) is 10.2 Å². The van der Waals surface area contributed by atoms with Crippen LogP contribution in [0.5, 0.6) is 0 Å². The Morgan fingerprint density at radius 2 is 1.95 bits per heavy atom. The van der Waals surface area contributed by atoms with Crippen LogP contribution < -0.4 is 5.32 Å². The first-order chi connectivity index (χ1) is 10.7. The predicted molar refractivity (Wildman–Crippen MR) is 96.2 cm³/mol. The lowest BCUT2D eigenvalue weighted by atomic mass is 10.0. The van der Waals surface area contributed by atoms with Crippen LogP contribution in [0.3, 0.4) is 0 Å². The van der Waals surface area contributed by atoms with Crippen LogP contribution in [0.1, 0.15) is 40.5 Å². The molecule has 1 atom stereocenters. The van der Waals surface area contributed by atoms with Gasteiger partial charge in [0.2, 0.25) is 0 Å². The largest absolute Gasteiger partial charge is 0.445 e. The van der Waals surface area contributed by atoms with Gasteiger partial charge in [0, 0.05) is 12.6 Å². The van der Waals surface area contributed by atoms with E-state index in [9.17, 15) is 4.79 Å². The monoisotopic (exact) mass is 310 g/mol. The minimum atomic E-state index is -0.237. The van der Waals surface area contributed by atoms with Crippen molar-refractivity contribution in [2.45, 2.75) is 46.6 Å². The molecular formula is C18H34N2O2. The second-order valence-corrected chi connectivity index (χ2v) is 4.26. The minimum absolute atomic E-state index is 0.237. The van der Waals surface area contributed by atoms with E-state index < -0.39 is 0 Å². The molecule has 4 nitrogen and oxygen atoms in total. The highest BCUT2D eigenvalue weighted by Gasteiger charge is 2.32. The van der Waals surface area contributed by atoms with Gasteiger partial charge in [-0.1, -0.05) is 59.1 Å². The second kappa shape index (κ2) is 15.8. The van der Waals surface area contributed by atoms with Crippen molar-refractivity contribution >= 4 is 6.09 Å². The summed E-state index contributed by atoms with van der Waals surface area (Å²) >= 11 is 0. The molecule has 0 spiro atoms. The lowest BCUT2D eigenvalue weighted by Gasteiger charge is -2.40. The van der Waals surface area contributed by atoms with E-state index >= 15 is 0 Å².